The topological polar surface area (TPSA) is 63.3 Å². The van der Waals surface area contributed by atoms with Crippen LogP contribution in [0.15, 0.2) is 5.57 Å². The second-order valence-corrected chi connectivity index (χ2v) is 2.16. The Morgan fingerprint density at radius 1 is 1.67 bits per heavy atom. The first kappa shape index (κ1) is 8.37. The lowest BCUT2D eigenvalue weighted by Gasteiger charge is -2.07. The van der Waals surface area contributed by atoms with Crippen molar-refractivity contribution in [2.75, 3.05) is 0 Å². The monoisotopic (exact) mass is 129 g/mol. The molecule has 52 valence electrons. The maximum absolute atomic E-state index is 9.99. The van der Waals surface area contributed by atoms with Crippen molar-refractivity contribution in [1.82, 2.24) is 0 Å². The number of rotatable bonds is 2. The quantitative estimate of drug-likeness (QED) is 0.396. The van der Waals surface area contributed by atoms with Crippen molar-refractivity contribution in [2.45, 2.75) is 20.1 Å². The van der Waals surface area contributed by atoms with E-state index in [1.54, 1.807) is 19.8 Å². The van der Waals surface area contributed by atoms with E-state index in [2.05, 4.69) is 0 Å². The SMILES string of the molecule is CC(C)C(=C=O)C(N)O. The normalized spacial score (nSPS) is 13.0. The number of carbonyl (C=O) groups excluding carboxylic acids is 1. The first-order chi connectivity index (χ1) is 4.09. The third-order valence-electron chi connectivity index (χ3n) is 1.06. The van der Waals surface area contributed by atoms with Gasteiger partial charge in [-0.1, -0.05) is 13.8 Å². The van der Waals surface area contributed by atoms with Gasteiger partial charge in [-0.25, -0.2) is 4.79 Å². The molecule has 0 rings (SSSR count). The van der Waals surface area contributed by atoms with E-state index >= 15 is 0 Å². The number of hydrogen-bond acceptors (Lipinski definition) is 3. The average molecular weight is 129 g/mol. The Morgan fingerprint density at radius 2 is 2.11 bits per heavy atom. The van der Waals surface area contributed by atoms with Crippen LogP contribution < -0.4 is 5.73 Å². The highest BCUT2D eigenvalue weighted by Gasteiger charge is 2.09. The van der Waals surface area contributed by atoms with Gasteiger partial charge >= 0.3 is 0 Å². The van der Waals surface area contributed by atoms with Crippen molar-refractivity contribution in [3.63, 3.8) is 0 Å². The molecule has 0 aromatic heterocycles. The average Bonchev–Trinajstić information content (AvgIpc) is 1.64. The van der Waals surface area contributed by atoms with Crippen LogP contribution in [0.2, 0.25) is 0 Å². The third-order valence-corrected chi connectivity index (χ3v) is 1.06. The molecule has 0 heterocycles. The molecule has 0 saturated heterocycles. The van der Waals surface area contributed by atoms with Crippen molar-refractivity contribution < 1.29 is 9.90 Å². The van der Waals surface area contributed by atoms with Crippen LogP contribution in [0.4, 0.5) is 0 Å². The van der Waals surface area contributed by atoms with Crippen LogP contribution in [0.25, 0.3) is 0 Å². The van der Waals surface area contributed by atoms with E-state index in [1.807, 2.05) is 0 Å². The highest BCUT2D eigenvalue weighted by atomic mass is 16.3. The minimum atomic E-state index is -1.15. The Kier molecular flexibility index (Phi) is 3.17. The van der Waals surface area contributed by atoms with Gasteiger partial charge in [-0.3, -0.25) is 0 Å². The molecular weight excluding hydrogens is 118 g/mol. The summed E-state index contributed by atoms with van der Waals surface area (Å²) in [7, 11) is 0. The Labute approximate surface area is 54.2 Å². The molecule has 0 fully saturated rings. The van der Waals surface area contributed by atoms with Gasteiger partial charge in [-0.05, 0) is 5.92 Å². The fourth-order valence-corrected chi connectivity index (χ4v) is 0.520. The van der Waals surface area contributed by atoms with Gasteiger partial charge in [-0.15, -0.1) is 0 Å². The number of nitrogens with two attached hydrogens (primary N) is 1. The number of aliphatic hydroxyl groups excluding tert-OH is 1. The Bertz CT molecular complexity index is 124. The standard InChI is InChI=1S/C6H11NO2/c1-4(2)5(3-8)6(7)9/h4,6,9H,7H2,1-2H3. The largest absolute Gasteiger partial charge is 0.374 e. The Hall–Kier alpha value is -0.630. The molecule has 0 aliphatic heterocycles. The predicted molar refractivity (Wildman–Crippen MR) is 34.2 cm³/mol. The molecule has 0 spiro atoms. The van der Waals surface area contributed by atoms with Crippen molar-refractivity contribution in [1.29, 1.82) is 0 Å². The van der Waals surface area contributed by atoms with Crippen LogP contribution in [0, 0.1) is 5.92 Å². The smallest absolute Gasteiger partial charge is 0.135 e. The van der Waals surface area contributed by atoms with Gasteiger partial charge in [0.05, 0.1) is 5.57 Å². The van der Waals surface area contributed by atoms with Crippen molar-refractivity contribution in [3.05, 3.63) is 5.57 Å². The van der Waals surface area contributed by atoms with Crippen molar-refractivity contribution in [3.8, 4) is 0 Å². The predicted octanol–water partition coefficient (Wildman–Crippen LogP) is -0.323. The Morgan fingerprint density at radius 3 is 2.11 bits per heavy atom. The van der Waals surface area contributed by atoms with E-state index in [-0.39, 0.29) is 11.5 Å². The first-order valence-electron chi connectivity index (χ1n) is 2.78. The number of aliphatic hydroxyl groups is 1. The molecule has 0 amide bonds. The van der Waals surface area contributed by atoms with Gasteiger partial charge in [0.2, 0.25) is 0 Å². The van der Waals surface area contributed by atoms with Gasteiger partial charge in [-0.2, -0.15) is 0 Å². The van der Waals surface area contributed by atoms with Crippen LogP contribution in [0.5, 0.6) is 0 Å². The molecule has 0 bridgehead atoms. The van der Waals surface area contributed by atoms with Gasteiger partial charge in [0, 0.05) is 0 Å². The maximum Gasteiger partial charge on any atom is 0.135 e. The lowest BCUT2D eigenvalue weighted by atomic mass is 10.0. The van der Waals surface area contributed by atoms with Crippen LogP contribution in [0.3, 0.4) is 0 Å². The summed E-state index contributed by atoms with van der Waals surface area (Å²) < 4.78 is 0. The molecule has 0 saturated carbocycles. The first-order valence-corrected chi connectivity index (χ1v) is 2.78. The summed E-state index contributed by atoms with van der Waals surface area (Å²) >= 11 is 0. The van der Waals surface area contributed by atoms with Crippen LogP contribution >= 0.6 is 0 Å². The molecule has 1 unspecified atom stereocenters. The molecule has 0 aliphatic rings. The molecule has 0 aliphatic carbocycles. The highest BCUT2D eigenvalue weighted by Crippen LogP contribution is 2.06. The molecule has 1 atom stereocenters. The minimum absolute atomic E-state index is 0.0255. The van der Waals surface area contributed by atoms with Gasteiger partial charge in [0.15, 0.2) is 0 Å². The molecule has 0 aromatic rings. The molecule has 0 radical (unpaired) electrons. The lowest BCUT2D eigenvalue weighted by molar-refractivity contribution is 0.209. The van der Waals surface area contributed by atoms with Gasteiger partial charge < -0.3 is 10.8 Å². The zero-order chi connectivity index (χ0) is 7.44. The van der Waals surface area contributed by atoms with E-state index in [1.165, 1.54) is 0 Å². The molecule has 3 nitrogen and oxygen atoms in total. The molecule has 0 aromatic carbocycles. The summed E-state index contributed by atoms with van der Waals surface area (Å²) in [6, 6.07) is 0. The molecule has 3 heteroatoms. The fourth-order valence-electron chi connectivity index (χ4n) is 0.520. The Balaban J connectivity index is 4.19. The lowest BCUT2D eigenvalue weighted by Crippen LogP contribution is -2.24. The molecule has 3 N–H and O–H groups in total. The zero-order valence-corrected chi connectivity index (χ0v) is 5.59. The summed E-state index contributed by atoms with van der Waals surface area (Å²) in [5, 5.41) is 8.66. The van der Waals surface area contributed by atoms with Crippen molar-refractivity contribution >= 4 is 5.94 Å². The van der Waals surface area contributed by atoms with Gasteiger partial charge in [0.25, 0.3) is 0 Å². The minimum Gasteiger partial charge on any atom is -0.374 e. The second-order valence-electron chi connectivity index (χ2n) is 2.16. The van der Waals surface area contributed by atoms with Crippen LogP contribution in [0.1, 0.15) is 13.8 Å². The van der Waals surface area contributed by atoms with E-state index in [0.717, 1.165) is 0 Å². The van der Waals surface area contributed by atoms with Crippen LogP contribution in [-0.2, 0) is 4.79 Å². The summed E-state index contributed by atoms with van der Waals surface area (Å²) in [5.41, 5.74) is 5.22. The van der Waals surface area contributed by atoms with Crippen LogP contribution in [-0.4, -0.2) is 17.3 Å². The van der Waals surface area contributed by atoms with Crippen molar-refractivity contribution in [2.24, 2.45) is 11.7 Å². The second kappa shape index (κ2) is 3.41. The fraction of sp³-hybridized carbons (Fsp3) is 0.667. The van der Waals surface area contributed by atoms with E-state index in [0.29, 0.717) is 0 Å². The highest BCUT2D eigenvalue weighted by molar-refractivity contribution is 5.54. The number of hydrogen-bond donors (Lipinski definition) is 2. The summed E-state index contributed by atoms with van der Waals surface area (Å²) in [6.45, 7) is 3.55. The van der Waals surface area contributed by atoms with E-state index < -0.39 is 6.23 Å². The third kappa shape index (κ3) is 2.42. The maximum atomic E-state index is 9.99. The molecular formula is C6H11NO2. The summed E-state index contributed by atoms with van der Waals surface area (Å²) in [5.74, 6) is 1.57. The molecule has 9 heavy (non-hydrogen) atoms. The van der Waals surface area contributed by atoms with E-state index in [4.69, 9.17) is 10.8 Å². The summed E-state index contributed by atoms with van der Waals surface area (Å²) in [6.07, 6.45) is -1.15. The van der Waals surface area contributed by atoms with E-state index in [9.17, 15) is 4.79 Å². The zero-order valence-electron chi connectivity index (χ0n) is 5.59. The van der Waals surface area contributed by atoms with Gasteiger partial charge in [0.1, 0.15) is 12.2 Å². The summed E-state index contributed by atoms with van der Waals surface area (Å²) in [4.78, 5) is 9.99.